The summed E-state index contributed by atoms with van der Waals surface area (Å²) in [6.45, 7) is 6.85. The van der Waals surface area contributed by atoms with Crippen molar-refractivity contribution in [2.24, 2.45) is 14.1 Å². The van der Waals surface area contributed by atoms with E-state index in [-0.39, 0.29) is 6.10 Å². The molecule has 4 heteroatoms. The molecule has 1 aromatic carbocycles. The SMILES string of the molecule is CC[Si](CC)(CC)OC(c1ccccc1)c1n(C)cc[n+]1C. The fourth-order valence-corrected chi connectivity index (χ4v) is 5.86. The Morgan fingerprint density at radius 3 is 2.14 bits per heavy atom. The highest BCUT2D eigenvalue weighted by atomic mass is 28.4. The van der Waals surface area contributed by atoms with Crippen LogP contribution in [0.15, 0.2) is 42.7 Å². The summed E-state index contributed by atoms with van der Waals surface area (Å²) in [5.41, 5.74) is 1.24. The first-order valence-electron chi connectivity index (χ1n) is 8.30. The molecule has 0 bridgehead atoms. The van der Waals surface area contributed by atoms with Gasteiger partial charge in [0.2, 0.25) is 0 Å². The van der Waals surface area contributed by atoms with E-state index in [1.807, 2.05) is 0 Å². The number of hydrogen-bond donors (Lipinski definition) is 0. The van der Waals surface area contributed by atoms with Gasteiger partial charge in [-0.05, 0) is 23.7 Å². The Kier molecular flexibility index (Phi) is 5.59. The van der Waals surface area contributed by atoms with Gasteiger partial charge in [-0.1, -0.05) is 51.1 Å². The second kappa shape index (κ2) is 7.25. The van der Waals surface area contributed by atoms with E-state index in [4.69, 9.17) is 4.43 Å². The molecular weight excluding hydrogens is 288 g/mol. The Morgan fingerprint density at radius 2 is 1.68 bits per heavy atom. The normalized spacial score (nSPS) is 13.3. The number of benzene rings is 1. The summed E-state index contributed by atoms with van der Waals surface area (Å²) in [5, 5.41) is 0. The smallest absolute Gasteiger partial charge is 0.289 e. The third-order valence-electron chi connectivity index (χ3n) is 4.87. The highest BCUT2D eigenvalue weighted by molar-refractivity contribution is 6.73. The van der Waals surface area contributed by atoms with Gasteiger partial charge in [0.05, 0.1) is 14.1 Å². The fraction of sp³-hybridized carbons (Fsp3) is 0.500. The molecule has 2 rings (SSSR count). The van der Waals surface area contributed by atoms with E-state index < -0.39 is 8.32 Å². The summed E-state index contributed by atoms with van der Waals surface area (Å²) in [6.07, 6.45) is 4.21. The molecule has 0 amide bonds. The molecule has 0 N–H and O–H groups in total. The lowest BCUT2D eigenvalue weighted by Gasteiger charge is -2.32. The third-order valence-corrected chi connectivity index (χ3v) is 9.48. The van der Waals surface area contributed by atoms with Gasteiger partial charge in [0.1, 0.15) is 12.4 Å². The van der Waals surface area contributed by atoms with Gasteiger partial charge in [-0.15, -0.1) is 0 Å². The number of nitrogens with zero attached hydrogens (tertiary/aromatic N) is 2. The zero-order valence-corrected chi connectivity index (χ0v) is 15.5. The van der Waals surface area contributed by atoms with E-state index >= 15 is 0 Å². The first-order chi connectivity index (χ1) is 10.6. The van der Waals surface area contributed by atoms with E-state index in [2.05, 4.69) is 86.7 Å². The van der Waals surface area contributed by atoms with Crippen LogP contribution in [0, 0.1) is 0 Å². The van der Waals surface area contributed by atoms with Crippen LogP contribution in [0.25, 0.3) is 0 Å². The average Bonchev–Trinajstić information content (AvgIpc) is 2.89. The summed E-state index contributed by atoms with van der Waals surface area (Å²) >= 11 is 0. The molecule has 22 heavy (non-hydrogen) atoms. The zero-order chi connectivity index (χ0) is 16.2. The van der Waals surface area contributed by atoms with Gasteiger partial charge in [-0.25, -0.2) is 9.13 Å². The Hall–Kier alpha value is -1.39. The second-order valence-corrected chi connectivity index (χ2v) is 10.8. The number of rotatable bonds is 7. The van der Waals surface area contributed by atoms with Gasteiger partial charge in [0.15, 0.2) is 14.4 Å². The summed E-state index contributed by atoms with van der Waals surface area (Å²) < 4.78 is 11.2. The lowest BCUT2D eigenvalue weighted by Crippen LogP contribution is -2.42. The average molecular weight is 318 g/mol. The third kappa shape index (κ3) is 3.33. The quantitative estimate of drug-likeness (QED) is 0.558. The summed E-state index contributed by atoms with van der Waals surface area (Å²) in [5.74, 6) is 1.21. The fourth-order valence-electron chi connectivity index (χ4n) is 3.12. The molecule has 0 saturated carbocycles. The first kappa shape index (κ1) is 17.0. The largest absolute Gasteiger partial charge is 0.400 e. The number of imidazole rings is 1. The molecule has 0 aliphatic heterocycles. The van der Waals surface area contributed by atoms with Crippen molar-refractivity contribution in [3.63, 3.8) is 0 Å². The van der Waals surface area contributed by atoms with Crippen molar-refractivity contribution in [2.75, 3.05) is 0 Å². The standard InChI is InChI=1S/C18H29N2OSi/c1-6-22(7-2,8-3)21-17(16-12-10-9-11-13-16)18-19(4)14-15-20(18)5/h9-15,17H,6-8H2,1-5H3/q+1. The minimum Gasteiger partial charge on any atom is -0.400 e. The molecule has 1 atom stereocenters. The van der Waals surface area contributed by atoms with Crippen molar-refractivity contribution in [1.29, 1.82) is 0 Å². The molecular formula is C18H29N2OSi+. The van der Waals surface area contributed by atoms with Crippen molar-refractivity contribution in [3.8, 4) is 0 Å². The van der Waals surface area contributed by atoms with Crippen molar-refractivity contribution >= 4 is 8.32 Å². The van der Waals surface area contributed by atoms with Crippen LogP contribution >= 0.6 is 0 Å². The van der Waals surface area contributed by atoms with Gasteiger partial charge in [0, 0.05) is 0 Å². The van der Waals surface area contributed by atoms with Crippen LogP contribution in [0.4, 0.5) is 0 Å². The molecule has 120 valence electrons. The predicted molar refractivity (Wildman–Crippen MR) is 93.2 cm³/mol. The Bertz CT molecular complexity index is 563. The van der Waals surface area contributed by atoms with E-state index in [0.717, 1.165) is 18.1 Å². The van der Waals surface area contributed by atoms with Gasteiger partial charge in [0.25, 0.3) is 5.82 Å². The highest BCUT2D eigenvalue weighted by Gasteiger charge is 2.37. The zero-order valence-electron chi connectivity index (χ0n) is 14.5. The Balaban J connectivity index is 2.48. The van der Waals surface area contributed by atoms with Gasteiger partial charge < -0.3 is 4.43 Å². The predicted octanol–water partition coefficient (Wildman–Crippen LogP) is 3.96. The van der Waals surface area contributed by atoms with Gasteiger partial charge in [-0.3, -0.25) is 0 Å². The molecule has 1 aromatic heterocycles. The number of aromatic nitrogens is 2. The van der Waals surface area contributed by atoms with Crippen molar-refractivity contribution < 1.29 is 8.99 Å². The Morgan fingerprint density at radius 1 is 1.09 bits per heavy atom. The van der Waals surface area contributed by atoms with E-state index in [9.17, 15) is 0 Å². The molecule has 1 unspecified atom stereocenters. The molecule has 0 aliphatic rings. The molecule has 0 radical (unpaired) electrons. The summed E-state index contributed by atoms with van der Waals surface area (Å²) in [4.78, 5) is 0. The van der Waals surface area contributed by atoms with E-state index in [0.29, 0.717) is 0 Å². The van der Waals surface area contributed by atoms with Crippen molar-refractivity contribution in [2.45, 2.75) is 45.0 Å². The maximum absolute atomic E-state index is 6.88. The minimum absolute atomic E-state index is 0.0118. The van der Waals surface area contributed by atoms with Crippen LogP contribution in [0.2, 0.25) is 18.1 Å². The number of aryl methyl sites for hydroxylation is 2. The molecule has 0 spiro atoms. The first-order valence-corrected chi connectivity index (χ1v) is 10.8. The van der Waals surface area contributed by atoms with Crippen molar-refractivity contribution in [1.82, 2.24) is 4.57 Å². The number of hydrogen-bond acceptors (Lipinski definition) is 1. The van der Waals surface area contributed by atoms with E-state index in [1.54, 1.807) is 0 Å². The molecule has 0 fully saturated rings. The van der Waals surface area contributed by atoms with Crippen LogP contribution < -0.4 is 4.57 Å². The van der Waals surface area contributed by atoms with Gasteiger partial charge in [-0.2, -0.15) is 0 Å². The lowest BCUT2D eigenvalue weighted by molar-refractivity contribution is -0.681. The van der Waals surface area contributed by atoms with E-state index in [1.165, 1.54) is 11.4 Å². The monoisotopic (exact) mass is 317 g/mol. The molecule has 1 heterocycles. The lowest BCUT2D eigenvalue weighted by atomic mass is 10.1. The maximum atomic E-state index is 6.88. The van der Waals surface area contributed by atoms with Crippen LogP contribution in [0.3, 0.4) is 0 Å². The topological polar surface area (TPSA) is 18.0 Å². The van der Waals surface area contributed by atoms with Crippen LogP contribution in [-0.4, -0.2) is 12.9 Å². The Labute approximate surface area is 135 Å². The summed E-state index contributed by atoms with van der Waals surface area (Å²) in [7, 11) is 2.51. The maximum Gasteiger partial charge on any atom is 0.289 e. The molecule has 2 aromatic rings. The van der Waals surface area contributed by atoms with Gasteiger partial charge >= 0.3 is 0 Å². The van der Waals surface area contributed by atoms with Crippen molar-refractivity contribution in [3.05, 3.63) is 54.1 Å². The van der Waals surface area contributed by atoms with Crippen LogP contribution in [-0.2, 0) is 18.5 Å². The minimum atomic E-state index is -1.69. The second-order valence-electron chi connectivity index (χ2n) is 6.03. The van der Waals surface area contributed by atoms with Crippen LogP contribution in [0.1, 0.15) is 38.3 Å². The van der Waals surface area contributed by atoms with Crippen LogP contribution in [0.5, 0.6) is 0 Å². The highest BCUT2D eigenvalue weighted by Crippen LogP contribution is 2.32. The molecule has 0 aliphatic carbocycles. The summed E-state index contributed by atoms with van der Waals surface area (Å²) in [6, 6.07) is 14.1. The molecule has 0 saturated heterocycles. The molecule has 3 nitrogen and oxygen atoms in total.